The molecule has 145 heavy (non-hydrogen) atoms. The number of H-pyrrole nitrogens is 3. The Morgan fingerprint density at radius 1 is 0.421 bits per heavy atom. The second-order valence-electron chi connectivity index (χ2n) is 39.9. The third kappa shape index (κ3) is 20.5. The number of fused-ring (bicyclic) bond motifs is 6. The number of halogens is 10. The molecule has 19 nitrogen and oxygen atoms in total. The maximum atomic E-state index is 13.4. The van der Waals surface area contributed by atoms with Crippen molar-refractivity contribution in [2.75, 3.05) is 14.2 Å². The molecule has 4 aliphatic rings. The molecule has 0 spiro atoms. The fraction of sp³-hybridized carbons (Fsp3) is 0.372. The van der Waals surface area contributed by atoms with Crippen molar-refractivity contribution in [3.63, 3.8) is 0 Å². The number of nitrogens with zero attached hydrogens (tertiary/aromatic N) is 9. The van der Waals surface area contributed by atoms with Gasteiger partial charge >= 0.3 is 56.4 Å². The van der Waals surface area contributed by atoms with E-state index in [4.69, 9.17) is 34.1 Å². The van der Waals surface area contributed by atoms with Gasteiger partial charge in [0, 0.05) is 107 Å². The molecule has 0 bridgehead atoms. The molecule has 15 aromatic rings. The summed E-state index contributed by atoms with van der Waals surface area (Å²) >= 11 is 2.40. The van der Waals surface area contributed by atoms with E-state index in [1.807, 2.05) is 76.5 Å². The van der Waals surface area contributed by atoms with E-state index < -0.39 is 70.6 Å². The van der Waals surface area contributed by atoms with Crippen LogP contribution >= 0.6 is 22.6 Å². The molecule has 9 aromatic carbocycles. The summed E-state index contributed by atoms with van der Waals surface area (Å²) in [4.78, 5) is 41.0. The molecule has 4 aliphatic heterocycles. The van der Waals surface area contributed by atoms with Crippen LogP contribution in [0.25, 0.3) is 72.3 Å². The van der Waals surface area contributed by atoms with E-state index in [2.05, 4.69) is 210 Å². The molecule has 10 heterocycles. The van der Waals surface area contributed by atoms with Gasteiger partial charge in [-0.05, 0) is 290 Å². The number of benzene rings is 9. The van der Waals surface area contributed by atoms with E-state index in [1.54, 1.807) is 57.3 Å². The Kier molecular flexibility index (Phi) is 32.2. The Hall–Kier alpha value is -10.8. The molecule has 0 saturated carbocycles. The summed E-state index contributed by atoms with van der Waals surface area (Å²) in [5.74, 6) is -0.788. The second kappa shape index (κ2) is 42.5. The average Bonchev–Trinajstić information content (AvgIpc) is 1.56. The minimum atomic E-state index is -4.38. The number of aliphatic hydroxyl groups excluding tert-OH is 1. The minimum absolute atomic E-state index is 0. The molecule has 1 saturated heterocycles. The minimum Gasteiger partial charge on any atom is -1.00 e. The summed E-state index contributed by atoms with van der Waals surface area (Å²) in [6, 6.07) is 48.6. The van der Waals surface area contributed by atoms with Crippen molar-refractivity contribution in [2.24, 2.45) is 0 Å². The molecular formula is C113H127AlBF9ILiN12O7. The number of methoxy groups -OCH3 is 2. The molecule has 0 aliphatic carbocycles. The van der Waals surface area contributed by atoms with Crippen LogP contribution < -0.4 is 24.3 Å². The average molecular weight is 2110 g/mol. The van der Waals surface area contributed by atoms with E-state index in [0.29, 0.717) is 66.1 Å². The van der Waals surface area contributed by atoms with Gasteiger partial charge in [-0.3, -0.25) is 14.7 Å². The summed E-state index contributed by atoms with van der Waals surface area (Å²) in [6.45, 7) is 42.4. The molecule has 0 atom stereocenters. The van der Waals surface area contributed by atoms with Crippen LogP contribution in [0, 0.1) is 24.5 Å². The molecule has 0 radical (unpaired) electrons. The number of esters is 2. The molecule has 19 rings (SSSR count). The van der Waals surface area contributed by atoms with Crippen LogP contribution in [0.5, 0.6) is 0 Å². The van der Waals surface area contributed by atoms with Gasteiger partial charge < -0.3 is 40.3 Å². The van der Waals surface area contributed by atoms with Crippen LogP contribution in [0.1, 0.15) is 256 Å². The van der Waals surface area contributed by atoms with Gasteiger partial charge in [-0.25, -0.2) is 23.6 Å². The maximum Gasteiger partial charge on any atom is 1.00 e. The van der Waals surface area contributed by atoms with Crippen LogP contribution in [0.15, 0.2) is 182 Å². The zero-order valence-corrected chi connectivity index (χ0v) is 87.9. The van der Waals surface area contributed by atoms with Crippen molar-refractivity contribution in [3.8, 4) is 39.6 Å². The molecule has 4 N–H and O–H groups in total. The van der Waals surface area contributed by atoms with Gasteiger partial charge in [0.2, 0.25) is 0 Å². The standard InChI is InChI=1S/C36H37F3N4O2.C35H37F3N4O.C26H29F3IN3.C16H20BNO4.Al.Li.4H/c1-7-22-10-9-11-23(8-2)31(22)43-32(27-14-15-28(34(44)45-6)30-26(27)16-17-40-30)29-20-42(35(4,5)33(29)41-43)19-24-12-13-25(18-21(24)3)36(37,38)39;1-6-22-9-8-10-23(7-2)31(22)42-32(28-14-12-25(20-43)30-27(28)15-16-39-30)29-19-41(34(4,5)33(29)40-42)18-24-11-13-26(17-21(24)3)35(36,37)38;1-6-17-9-8-10-18(7-2)22(17)33-24(30)21-15-32(25(4,5)23(21)31-33)14-19-11-12-20(13-16(19)3)26(27,28)29;1-15(2)16(3,4)22-17(21-15)12-7-6-11(14(19)20-5)13-10(12)8-9-18-13;;;;;;/h9-18,40H,7-8,19-20H2,1-6H3;8-17,39,43H,6-7,18-20H2,1-5H3;8-13H,6-7,14-15H2,1-5H3;6-9,18H,1-5H3;;;;;;/q;;;;;+1;;;;-1. The number of alkyl halides is 9. The van der Waals surface area contributed by atoms with Crippen LogP contribution in [-0.2, 0) is 138 Å². The van der Waals surface area contributed by atoms with Crippen molar-refractivity contribution in [3.05, 3.63) is 320 Å². The van der Waals surface area contributed by atoms with Gasteiger partial charge in [0.15, 0.2) is 17.4 Å². The Morgan fingerprint density at radius 3 is 1.06 bits per heavy atom. The van der Waals surface area contributed by atoms with E-state index in [9.17, 15) is 54.2 Å². The van der Waals surface area contributed by atoms with Gasteiger partial charge in [-0.2, -0.15) is 54.8 Å². The van der Waals surface area contributed by atoms with Gasteiger partial charge in [-0.15, -0.1) is 0 Å². The summed E-state index contributed by atoms with van der Waals surface area (Å²) < 4.78 is 149. The number of rotatable bonds is 21. The van der Waals surface area contributed by atoms with Crippen molar-refractivity contribution in [2.45, 2.75) is 262 Å². The molecule has 0 unspecified atom stereocenters. The number of carbonyl (C=O) groups excluding carboxylic acids is 2. The number of hydrogen-bond donors (Lipinski definition) is 4. The largest absolute Gasteiger partial charge is 1.00 e. The topological polar surface area (TPSA) is 202 Å². The summed E-state index contributed by atoms with van der Waals surface area (Å²) in [6.07, 6.45) is -2.30. The molecule has 1 fully saturated rings. The van der Waals surface area contributed by atoms with E-state index >= 15 is 0 Å². The predicted octanol–water partition coefficient (Wildman–Crippen LogP) is 22.1. The van der Waals surface area contributed by atoms with E-state index in [1.165, 1.54) is 89.2 Å². The summed E-state index contributed by atoms with van der Waals surface area (Å²) in [5.41, 5.74) is 26.5. The number of hydrogen-bond acceptors (Lipinski definition) is 13. The normalized spacial score (nSPS) is 15.6. The van der Waals surface area contributed by atoms with E-state index in [0.717, 1.165) is 172 Å². The first-order valence-electron chi connectivity index (χ1n) is 48.7. The predicted molar refractivity (Wildman–Crippen MR) is 563 cm³/mol. The smallest absolute Gasteiger partial charge is 1.00 e. The quantitative estimate of drug-likeness (QED) is 0.0229. The van der Waals surface area contributed by atoms with Crippen LogP contribution in [0.3, 0.4) is 0 Å². The first-order chi connectivity index (χ1) is 67.6. The number of aryl methyl sites for hydroxylation is 9. The monoisotopic (exact) mass is 2110 g/mol. The summed E-state index contributed by atoms with van der Waals surface area (Å²) in [7, 11) is 2.28. The van der Waals surface area contributed by atoms with Crippen molar-refractivity contribution in [1.82, 2.24) is 59.0 Å². The number of aromatic nitrogens is 9. The number of ether oxygens (including phenoxy) is 2. The Balaban J connectivity index is 0.000000166. The number of carbonyl (C=O) groups is 2. The SMILES string of the molecule is CCc1cccc(CC)c1-n1nc2c(c1-c1ccc(C(=O)OC)c3[nH]ccc13)CN(Cc1ccc(C(F)(F)F)cc1C)C2(C)C.CCc1cccc(CC)c1-n1nc2c(c1-c1ccc(CO)c3[nH]ccc13)CN(Cc1ccc(C(F)(F)F)cc1C)C2(C)C.CCc1cccc(CC)c1-n1nc2c(c1I)CN(Cc1ccc(C(F)(F)F)cc1C)C2(C)C.COC(=O)c1ccc(B2OC(C)(C)C(C)(C)O2)c2cc[nH]c12.[AlH3].[H-].[Li+]. The van der Waals surface area contributed by atoms with E-state index in [-0.39, 0.29) is 55.8 Å². The fourth-order valence-electron chi connectivity index (χ4n) is 20.7. The van der Waals surface area contributed by atoms with Crippen LogP contribution in [0.2, 0.25) is 0 Å². The molecule has 0 amide bonds. The summed E-state index contributed by atoms with van der Waals surface area (Å²) in [5, 5.41) is 28.7. The second-order valence-corrected chi connectivity index (χ2v) is 40.9. The fourth-order valence-corrected chi connectivity index (χ4v) is 21.5. The van der Waals surface area contributed by atoms with Crippen LogP contribution in [-0.4, -0.2) is 126 Å². The van der Waals surface area contributed by atoms with Gasteiger partial charge in [-0.1, -0.05) is 139 Å². The number of aromatic amines is 3. The molecular weight excluding hydrogens is 1980 g/mol. The van der Waals surface area contributed by atoms with Gasteiger partial charge in [0.1, 0.15) is 3.70 Å². The first-order valence-corrected chi connectivity index (χ1v) is 49.8. The molecule has 6 aromatic heterocycles. The van der Waals surface area contributed by atoms with Crippen molar-refractivity contribution in [1.29, 1.82) is 0 Å². The van der Waals surface area contributed by atoms with Crippen molar-refractivity contribution >= 4 is 97.2 Å². The Bertz CT molecular complexity index is 7310. The third-order valence-electron chi connectivity index (χ3n) is 30.0. The van der Waals surface area contributed by atoms with Crippen molar-refractivity contribution < 1.29 is 93.3 Å². The number of aliphatic hydroxyl groups is 1. The number of para-hydroxylation sites is 3. The van der Waals surface area contributed by atoms with Crippen LogP contribution in [0.4, 0.5) is 39.5 Å². The zero-order valence-electron chi connectivity index (χ0n) is 86.8. The maximum absolute atomic E-state index is 13.4. The zero-order chi connectivity index (χ0) is 103. The third-order valence-corrected chi connectivity index (χ3v) is 31.1. The van der Waals surface area contributed by atoms with Gasteiger partial charge in [0.25, 0.3) is 0 Å². The molecule has 32 heteroatoms. The molecule has 758 valence electrons. The van der Waals surface area contributed by atoms with Gasteiger partial charge in [0.05, 0.1) is 139 Å². The Labute approximate surface area is 879 Å². The first kappa shape index (κ1) is 110. The number of nitrogens with one attached hydrogen (secondary N) is 3. The Morgan fingerprint density at radius 2 is 0.724 bits per heavy atom.